The smallest absolute Gasteiger partial charge is 0.291 e. The number of anilines is 2. The molecule has 5 rings (SSSR count). The number of nitrogens with one attached hydrogen (secondary N) is 4. The van der Waals surface area contributed by atoms with Gasteiger partial charge in [-0.1, -0.05) is 66.7 Å². The van der Waals surface area contributed by atoms with Gasteiger partial charge in [-0.15, -0.1) is 0 Å². The molecule has 5 amide bonds. The second kappa shape index (κ2) is 23.2. The highest BCUT2D eigenvalue weighted by Crippen LogP contribution is 2.59. The Morgan fingerprint density at radius 2 is 1.26 bits per heavy atom. The second-order valence-electron chi connectivity index (χ2n) is 15.8. The molecule has 0 saturated carbocycles. The van der Waals surface area contributed by atoms with Gasteiger partial charge >= 0.3 is 0 Å². The molecule has 0 fully saturated rings. The number of nitrogens with zero attached hydrogens (tertiary/aromatic N) is 5. The van der Waals surface area contributed by atoms with Crippen LogP contribution in [0, 0.1) is 0 Å². The van der Waals surface area contributed by atoms with Crippen LogP contribution in [0.2, 0.25) is 0 Å². The molecule has 4 N–H and O–H groups in total. The fourth-order valence-corrected chi connectivity index (χ4v) is 11.7. The summed E-state index contributed by atoms with van der Waals surface area (Å²) in [5, 5.41) is 14.0. The van der Waals surface area contributed by atoms with Crippen molar-refractivity contribution in [2.24, 2.45) is 14.1 Å². The van der Waals surface area contributed by atoms with Gasteiger partial charge in [0.2, 0.25) is 23.5 Å². The van der Waals surface area contributed by atoms with E-state index >= 15 is 0 Å². The quantitative estimate of drug-likeness (QED) is 0.0530. The Balaban J connectivity index is 1.06. The molecule has 14 nitrogen and oxygen atoms in total. The van der Waals surface area contributed by atoms with Crippen LogP contribution >= 0.6 is 7.26 Å². The standard InChI is InChI=1S/C47H60N9O5P/c1-53(2)29-17-27-48-43(58)26-30-54(3)47(61)40-32-37(33-55(40)4)50-46(60)45-52-41(34-56(45)5)51-44(59)25-28-49-42(57)24-15-16-31-62(38-20-11-7-12-21-38,39-22-13-8-14-23-39)35-36-18-9-6-10-19-36/h6-14,18-23,32-34H,15-17,24-31,35H2,1-5H3,(H3-,48,49,50,51,57,58,59,60)/p+1. The Kier molecular flexibility index (Phi) is 17.6. The summed E-state index contributed by atoms with van der Waals surface area (Å²) in [6.45, 7) is 1.85. The van der Waals surface area contributed by atoms with Gasteiger partial charge in [0.25, 0.3) is 11.8 Å². The van der Waals surface area contributed by atoms with E-state index in [-0.39, 0.29) is 61.2 Å². The summed E-state index contributed by atoms with van der Waals surface area (Å²) in [6, 6.07) is 33.7. The zero-order valence-electron chi connectivity index (χ0n) is 36.6. The van der Waals surface area contributed by atoms with E-state index in [1.807, 2.05) is 25.1 Å². The molecule has 62 heavy (non-hydrogen) atoms. The summed E-state index contributed by atoms with van der Waals surface area (Å²) < 4.78 is 3.10. The fourth-order valence-electron chi connectivity index (χ4n) is 7.32. The Bertz CT molecular complexity index is 2200. The minimum absolute atomic E-state index is 0.0360. The molecule has 328 valence electrons. The topological polar surface area (TPSA) is 163 Å². The number of aromatic nitrogens is 3. The van der Waals surface area contributed by atoms with Gasteiger partial charge in [-0.3, -0.25) is 24.0 Å². The molecule has 0 radical (unpaired) electrons. The van der Waals surface area contributed by atoms with Crippen molar-refractivity contribution in [2.75, 3.05) is 64.1 Å². The first-order valence-electron chi connectivity index (χ1n) is 21.1. The number of rotatable bonds is 23. The Morgan fingerprint density at radius 3 is 1.90 bits per heavy atom. The van der Waals surface area contributed by atoms with Gasteiger partial charge in [-0.05, 0) is 75.8 Å². The van der Waals surface area contributed by atoms with Crippen LogP contribution in [-0.2, 0) is 34.6 Å². The number of aryl methyl sites for hydroxylation is 2. The summed E-state index contributed by atoms with van der Waals surface area (Å²) in [7, 11) is 7.08. The number of unbranched alkanes of at least 4 members (excludes halogenated alkanes) is 1. The number of carbonyl (C=O) groups is 5. The summed E-state index contributed by atoms with van der Waals surface area (Å²) >= 11 is 0. The lowest BCUT2D eigenvalue weighted by atomic mass is 10.2. The number of carbonyl (C=O) groups excluding carboxylic acids is 5. The van der Waals surface area contributed by atoms with Gasteiger partial charge in [-0.25, -0.2) is 4.98 Å². The normalized spacial score (nSPS) is 11.3. The van der Waals surface area contributed by atoms with Crippen molar-refractivity contribution >= 4 is 58.9 Å². The average Bonchev–Trinajstić information content (AvgIpc) is 3.83. The first-order valence-corrected chi connectivity index (χ1v) is 23.3. The van der Waals surface area contributed by atoms with Crippen LogP contribution < -0.4 is 31.9 Å². The summed E-state index contributed by atoms with van der Waals surface area (Å²) in [5.41, 5.74) is 2.02. The molecule has 15 heteroatoms. The molecule has 2 aromatic heterocycles. The molecule has 0 aliphatic carbocycles. The number of benzene rings is 3. The number of imidazole rings is 1. The maximum absolute atomic E-state index is 13.2. The predicted octanol–water partition coefficient (Wildman–Crippen LogP) is 5.02. The third-order valence-corrected chi connectivity index (χ3v) is 15.2. The SMILES string of the molecule is CN(C)CCCNC(=O)CCN(C)C(=O)c1cc(NC(=O)c2nc(NC(=O)CCNC(=O)CCCC[P+](Cc3ccccc3)(c3ccccc3)c3ccccc3)cn2C)cn1C. The number of hydrogen-bond acceptors (Lipinski definition) is 7. The number of amides is 5. The molecule has 3 aromatic carbocycles. The van der Waals surface area contributed by atoms with E-state index in [4.69, 9.17) is 0 Å². The van der Waals surface area contributed by atoms with Crippen LogP contribution in [-0.4, -0.2) is 107 Å². The van der Waals surface area contributed by atoms with Crippen molar-refractivity contribution in [2.45, 2.75) is 44.7 Å². The van der Waals surface area contributed by atoms with Crippen molar-refractivity contribution in [1.29, 1.82) is 0 Å². The third-order valence-electron chi connectivity index (χ3n) is 10.6. The van der Waals surface area contributed by atoms with E-state index in [0.29, 0.717) is 24.3 Å². The molecular formula is C47H61N9O5P+. The lowest BCUT2D eigenvalue weighted by Crippen LogP contribution is -2.34. The van der Waals surface area contributed by atoms with Crippen LogP contribution in [0.25, 0.3) is 0 Å². The highest BCUT2D eigenvalue weighted by Gasteiger charge is 2.42. The minimum atomic E-state index is -1.84. The zero-order valence-corrected chi connectivity index (χ0v) is 37.5. The van der Waals surface area contributed by atoms with Crippen LogP contribution in [0.1, 0.15) is 65.2 Å². The zero-order chi connectivity index (χ0) is 44.5. The Morgan fingerprint density at radius 1 is 0.645 bits per heavy atom. The molecule has 0 saturated heterocycles. The Hall–Kier alpha value is -6.11. The van der Waals surface area contributed by atoms with Crippen molar-refractivity contribution < 1.29 is 24.0 Å². The molecule has 0 bridgehead atoms. The van der Waals surface area contributed by atoms with Gasteiger partial charge in [0, 0.05) is 72.4 Å². The monoisotopic (exact) mass is 862 g/mol. The lowest BCUT2D eigenvalue weighted by Gasteiger charge is -2.28. The summed E-state index contributed by atoms with van der Waals surface area (Å²) in [5.74, 6) is -1.16. The second-order valence-corrected chi connectivity index (χ2v) is 19.6. The largest absolute Gasteiger partial charge is 0.356 e. The molecule has 5 aromatic rings. The molecule has 2 heterocycles. The van der Waals surface area contributed by atoms with E-state index in [2.05, 4.69) is 111 Å². The van der Waals surface area contributed by atoms with E-state index in [1.165, 1.54) is 31.8 Å². The fraction of sp³-hybridized carbons (Fsp3) is 0.362. The van der Waals surface area contributed by atoms with Gasteiger partial charge in [0.15, 0.2) is 5.82 Å². The van der Waals surface area contributed by atoms with Crippen LogP contribution in [0.5, 0.6) is 0 Å². The molecule has 0 unspecified atom stereocenters. The van der Waals surface area contributed by atoms with Gasteiger partial charge < -0.3 is 40.2 Å². The van der Waals surface area contributed by atoms with E-state index in [1.54, 1.807) is 38.0 Å². The van der Waals surface area contributed by atoms with Crippen molar-refractivity contribution in [1.82, 2.24) is 34.6 Å². The van der Waals surface area contributed by atoms with Crippen molar-refractivity contribution in [3.8, 4) is 0 Å². The first-order chi connectivity index (χ1) is 29.8. The van der Waals surface area contributed by atoms with Crippen LogP contribution in [0.4, 0.5) is 11.5 Å². The summed E-state index contributed by atoms with van der Waals surface area (Å²) in [4.78, 5) is 72.2. The van der Waals surface area contributed by atoms with Crippen LogP contribution in [0.3, 0.4) is 0 Å². The molecule has 0 atom stereocenters. The highest BCUT2D eigenvalue weighted by molar-refractivity contribution is 7.88. The third kappa shape index (κ3) is 13.7. The predicted molar refractivity (Wildman–Crippen MR) is 249 cm³/mol. The minimum Gasteiger partial charge on any atom is -0.356 e. The maximum Gasteiger partial charge on any atom is 0.291 e. The number of hydrogen-bond donors (Lipinski definition) is 4. The van der Waals surface area contributed by atoms with E-state index in [0.717, 1.165) is 38.1 Å². The molecular weight excluding hydrogens is 802 g/mol. The molecule has 0 aliphatic heterocycles. The van der Waals surface area contributed by atoms with E-state index < -0.39 is 13.2 Å². The molecule has 0 aliphatic rings. The average molecular weight is 863 g/mol. The van der Waals surface area contributed by atoms with Crippen molar-refractivity contribution in [3.05, 3.63) is 127 Å². The maximum atomic E-state index is 13.2. The van der Waals surface area contributed by atoms with Crippen LogP contribution in [0.15, 0.2) is 109 Å². The van der Waals surface area contributed by atoms with Crippen molar-refractivity contribution in [3.63, 3.8) is 0 Å². The van der Waals surface area contributed by atoms with Gasteiger partial charge in [0.1, 0.15) is 5.69 Å². The summed E-state index contributed by atoms with van der Waals surface area (Å²) in [6.07, 6.45) is 8.09. The lowest BCUT2D eigenvalue weighted by molar-refractivity contribution is -0.122. The van der Waals surface area contributed by atoms with E-state index in [9.17, 15) is 24.0 Å². The van der Waals surface area contributed by atoms with Gasteiger partial charge in [-0.2, -0.15) is 0 Å². The first kappa shape index (κ1) is 46.9. The van der Waals surface area contributed by atoms with Gasteiger partial charge in [0.05, 0.1) is 35.9 Å². The molecule has 0 spiro atoms. The highest BCUT2D eigenvalue weighted by atomic mass is 31.2. The Labute approximate surface area is 365 Å².